The summed E-state index contributed by atoms with van der Waals surface area (Å²) in [5.41, 5.74) is -0.172. The monoisotopic (exact) mass is 374 g/mol. The van der Waals surface area contributed by atoms with Gasteiger partial charge in [-0.05, 0) is 39.3 Å². The Labute approximate surface area is 156 Å². The Morgan fingerprint density at radius 1 is 1.41 bits per heavy atom. The number of fused-ring (bicyclic) bond motifs is 1. The molecular weight excluding hydrogens is 351 g/mol. The van der Waals surface area contributed by atoms with Crippen molar-refractivity contribution in [1.29, 1.82) is 0 Å². The summed E-state index contributed by atoms with van der Waals surface area (Å²) < 4.78 is 21.6. The molecule has 7 nitrogen and oxygen atoms in total. The van der Waals surface area contributed by atoms with Gasteiger partial charge in [-0.3, -0.25) is 4.79 Å². The first-order chi connectivity index (χ1) is 13.0. The summed E-state index contributed by atoms with van der Waals surface area (Å²) in [5, 5.41) is 3.33. The molecule has 2 aliphatic rings. The van der Waals surface area contributed by atoms with Gasteiger partial charge in [0.1, 0.15) is 11.2 Å². The topological polar surface area (TPSA) is 76.5 Å². The Kier molecular flexibility index (Phi) is 4.59. The SMILES string of the molecule is CCOC(=O)c1cn(C2CC2)c2nc(N3CCC(NC)C3)c(F)cc2c1=O. The molecule has 2 aromatic heterocycles. The molecule has 0 amide bonds. The molecule has 0 radical (unpaired) electrons. The van der Waals surface area contributed by atoms with Crippen LogP contribution >= 0.6 is 0 Å². The zero-order valence-corrected chi connectivity index (χ0v) is 15.5. The second-order valence-corrected chi connectivity index (χ2v) is 7.12. The fourth-order valence-electron chi connectivity index (χ4n) is 3.63. The highest BCUT2D eigenvalue weighted by molar-refractivity contribution is 5.93. The summed E-state index contributed by atoms with van der Waals surface area (Å²) in [6.07, 6.45) is 4.32. The minimum absolute atomic E-state index is 0.0679. The number of nitrogens with one attached hydrogen (secondary N) is 1. The van der Waals surface area contributed by atoms with Crippen molar-refractivity contribution in [3.05, 3.63) is 33.9 Å². The van der Waals surface area contributed by atoms with Crippen molar-refractivity contribution < 1.29 is 13.9 Å². The van der Waals surface area contributed by atoms with Crippen LogP contribution < -0.4 is 15.6 Å². The molecule has 1 atom stereocenters. The molecule has 1 aliphatic heterocycles. The summed E-state index contributed by atoms with van der Waals surface area (Å²) in [7, 11) is 1.89. The molecule has 1 unspecified atom stereocenters. The molecule has 0 bridgehead atoms. The molecule has 0 spiro atoms. The average molecular weight is 374 g/mol. The number of esters is 1. The molecule has 0 aromatic carbocycles. The predicted octanol–water partition coefficient (Wildman–Crippen LogP) is 1.85. The lowest BCUT2D eigenvalue weighted by molar-refractivity contribution is 0.0524. The van der Waals surface area contributed by atoms with Crippen LogP contribution in [0.1, 0.15) is 42.6 Å². The highest BCUT2D eigenvalue weighted by Gasteiger charge is 2.30. The van der Waals surface area contributed by atoms with Crippen LogP contribution in [0, 0.1) is 5.82 Å². The normalized spacial score (nSPS) is 19.7. The van der Waals surface area contributed by atoms with Crippen LogP contribution in [-0.2, 0) is 4.74 Å². The molecule has 1 N–H and O–H groups in total. The van der Waals surface area contributed by atoms with E-state index in [-0.39, 0.29) is 29.4 Å². The van der Waals surface area contributed by atoms with Gasteiger partial charge in [0.25, 0.3) is 0 Å². The van der Waals surface area contributed by atoms with Crippen molar-refractivity contribution in [2.24, 2.45) is 0 Å². The molecule has 1 saturated carbocycles. The maximum absolute atomic E-state index is 14.8. The molecule has 1 aliphatic carbocycles. The Balaban J connectivity index is 1.86. The molecule has 27 heavy (non-hydrogen) atoms. The first-order valence-electron chi connectivity index (χ1n) is 9.38. The van der Waals surface area contributed by atoms with Gasteiger partial charge in [0.2, 0.25) is 5.43 Å². The maximum Gasteiger partial charge on any atom is 0.343 e. The van der Waals surface area contributed by atoms with E-state index >= 15 is 0 Å². The summed E-state index contributed by atoms with van der Waals surface area (Å²) in [6.45, 7) is 3.23. The number of carbonyl (C=O) groups is 1. The number of anilines is 1. The molecule has 1 saturated heterocycles. The van der Waals surface area contributed by atoms with Gasteiger partial charge in [0.15, 0.2) is 11.6 Å². The highest BCUT2D eigenvalue weighted by atomic mass is 19.1. The lowest BCUT2D eigenvalue weighted by atomic mass is 10.2. The van der Waals surface area contributed by atoms with Crippen molar-refractivity contribution >= 4 is 22.8 Å². The molecule has 144 valence electrons. The van der Waals surface area contributed by atoms with Gasteiger partial charge in [0.05, 0.1) is 12.0 Å². The Morgan fingerprint density at radius 2 is 2.19 bits per heavy atom. The third kappa shape index (κ3) is 3.18. The number of nitrogens with zero attached hydrogens (tertiary/aromatic N) is 3. The number of hydrogen-bond donors (Lipinski definition) is 1. The largest absolute Gasteiger partial charge is 0.462 e. The summed E-state index contributed by atoms with van der Waals surface area (Å²) in [4.78, 5) is 31.4. The molecule has 8 heteroatoms. The van der Waals surface area contributed by atoms with Gasteiger partial charge in [-0.25, -0.2) is 14.2 Å². The fourth-order valence-corrected chi connectivity index (χ4v) is 3.63. The molecule has 2 aromatic rings. The molecule has 4 rings (SSSR count). The van der Waals surface area contributed by atoms with Crippen LogP contribution in [0.15, 0.2) is 17.1 Å². The third-order valence-electron chi connectivity index (χ3n) is 5.27. The quantitative estimate of drug-likeness (QED) is 0.805. The van der Waals surface area contributed by atoms with Gasteiger partial charge in [-0.2, -0.15) is 0 Å². The summed E-state index contributed by atoms with van der Waals surface area (Å²) >= 11 is 0. The lowest BCUT2D eigenvalue weighted by Crippen LogP contribution is -2.30. The second-order valence-electron chi connectivity index (χ2n) is 7.12. The van der Waals surface area contributed by atoms with E-state index in [4.69, 9.17) is 4.74 Å². The van der Waals surface area contributed by atoms with Gasteiger partial charge in [-0.15, -0.1) is 0 Å². The number of hydrogen-bond acceptors (Lipinski definition) is 6. The van der Waals surface area contributed by atoms with Crippen LogP contribution in [-0.4, -0.2) is 48.3 Å². The Hall–Kier alpha value is -2.48. The highest BCUT2D eigenvalue weighted by Crippen LogP contribution is 2.37. The van der Waals surface area contributed by atoms with Gasteiger partial charge < -0.3 is 19.5 Å². The third-order valence-corrected chi connectivity index (χ3v) is 5.27. The van der Waals surface area contributed by atoms with E-state index in [1.54, 1.807) is 6.92 Å². The smallest absolute Gasteiger partial charge is 0.343 e. The Morgan fingerprint density at radius 3 is 2.81 bits per heavy atom. The first kappa shape index (κ1) is 17.9. The fraction of sp³-hybridized carbons (Fsp3) is 0.526. The molecule has 2 fully saturated rings. The van der Waals surface area contributed by atoms with Crippen LogP contribution in [0.4, 0.5) is 10.2 Å². The number of carbonyl (C=O) groups excluding carboxylic acids is 1. The minimum Gasteiger partial charge on any atom is -0.462 e. The van der Waals surface area contributed by atoms with Crippen molar-refractivity contribution in [1.82, 2.24) is 14.9 Å². The van der Waals surface area contributed by atoms with Crippen LogP contribution in [0.25, 0.3) is 11.0 Å². The maximum atomic E-state index is 14.8. The summed E-state index contributed by atoms with van der Waals surface area (Å²) in [5.74, 6) is -0.961. The van der Waals surface area contributed by atoms with E-state index in [2.05, 4.69) is 10.3 Å². The van der Waals surface area contributed by atoms with Gasteiger partial charge in [0, 0.05) is 31.4 Å². The number of rotatable bonds is 5. The first-order valence-corrected chi connectivity index (χ1v) is 9.38. The van der Waals surface area contributed by atoms with Crippen LogP contribution in [0.3, 0.4) is 0 Å². The van der Waals surface area contributed by atoms with E-state index in [0.29, 0.717) is 24.8 Å². The van der Waals surface area contributed by atoms with Crippen molar-refractivity contribution in [3.8, 4) is 0 Å². The van der Waals surface area contributed by atoms with E-state index < -0.39 is 17.2 Å². The van der Waals surface area contributed by atoms with Crippen molar-refractivity contribution in [2.75, 3.05) is 31.6 Å². The lowest BCUT2D eigenvalue weighted by Gasteiger charge is -2.20. The number of ether oxygens (including phenoxy) is 1. The average Bonchev–Trinajstić information content (AvgIpc) is 3.39. The molecular formula is C19H23FN4O3. The summed E-state index contributed by atoms with van der Waals surface area (Å²) in [6, 6.07) is 1.68. The van der Waals surface area contributed by atoms with Crippen molar-refractivity contribution in [2.45, 2.75) is 38.3 Å². The standard InChI is InChI=1S/C19H23FN4O3/c1-3-27-19(26)14-10-24(12-4-5-12)17-13(16(14)25)8-15(20)18(22-17)23-7-6-11(9-23)21-2/h8,10-12,21H,3-7,9H2,1-2H3. The van der Waals surface area contributed by atoms with E-state index in [1.165, 1.54) is 12.3 Å². The van der Waals surface area contributed by atoms with E-state index in [0.717, 1.165) is 19.3 Å². The second kappa shape index (κ2) is 6.92. The number of aromatic nitrogens is 2. The van der Waals surface area contributed by atoms with Crippen molar-refractivity contribution in [3.63, 3.8) is 0 Å². The van der Waals surface area contributed by atoms with E-state index in [1.807, 2.05) is 16.5 Å². The number of pyridine rings is 2. The molecule has 3 heterocycles. The number of likely N-dealkylation sites (N-methyl/N-ethyl adjacent to an activating group) is 1. The van der Waals surface area contributed by atoms with E-state index in [9.17, 15) is 14.0 Å². The van der Waals surface area contributed by atoms with Gasteiger partial charge >= 0.3 is 5.97 Å². The van der Waals surface area contributed by atoms with Crippen LogP contribution in [0.2, 0.25) is 0 Å². The van der Waals surface area contributed by atoms with Gasteiger partial charge in [-0.1, -0.05) is 0 Å². The van der Waals surface area contributed by atoms with Crippen LogP contribution in [0.5, 0.6) is 0 Å². The zero-order chi connectivity index (χ0) is 19.1. The minimum atomic E-state index is -0.681. The number of halogens is 1. The predicted molar refractivity (Wildman–Crippen MR) is 99.9 cm³/mol. The Bertz CT molecular complexity index is 954. The zero-order valence-electron chi connectivity index (χ0n) is 15.5.